The molecule has 0 radical (unpaired) electrons. The number of amides is 1. The third kappa shape index (κ3) is 7.53. The first-order chi connectivity index (χ1) is 13.2. The fourth-order valence-corrected chi connectivity index (χ4v) is 3.09. The maximum Gasteiger partial charge on any atom is 0.273 e. The molecule has 1 aliphatic heterocycles. The van der Waals surface area contributed by atoms with Gasteiger partial charge in [-0.3, -0.25) is 4.79 Å². The monoisotopic (exact) mass is 382 g/mol. The largest absolute Gasteiger partial charge is 0.351 e. The number of hydrogen-bond donors (Lipinski definition) is 1. The van der Waals surface area contributed by atoms with Gasteiger partial charge in [-0.05, 0) is 33.4 Å². The summed E-state index contributed by atoms with van der Waals surface area (Å²) in [7, 11) is 0. The van der Waals surface area contributed by atoms with Crippen molar-refractivity contribution in [2.24, 2.45) is 0 Å². The normalized spacial score (nSPS) is 16.1. The molecule has 1 fully saturated rings. The van der Waals surface area contributed by atoms with E-state index in [1.54, 1.807) is 10.9 Å². The highest BCUT2D eigenvalue weighted by molar-refractivity contribution is 5.91. The maximum atomic E-state index is 12.2. The van der Waals surface area contributed by atoms with Crippen LogP contribution in [0, 0.1) is 0 Å². The van der Waals surface area contributed by atoms with Crippen LogP contribution in [-0.4, -0.2) is 96.0 Å². The van der Waals surface area contributed by atoms with Gasteiger partial charge in [0.05, 0.1) is 12.7 Å². The molecule has 1 aliphatic rings. The molecule has 154 valence electrons. The van der Waals surface area contributed by atoms with Gasteiger partial charge in [0.2, 0.25) is 0 Å². The molecule has 0 aromatic carbocycles. The van der Waals surface area contributed by atoms with Crippen LogP contribution in [0.2, 0.25) is 0 Å². The van der Waals surface area contributed by atoms with Gasteiger partial charge in [0.15, 0.2) is 12.0 Å². The molecule has 0 bridgehead atoms. The lowest BCUT2D eigenvalue weighted by atomic mass is 10.3. The molecular formula is C18H34N6O3. The summed E-state index contributed by atoms with van der Waals surface area (Å²) in [6.07, 6.45) is 2.18. The van der Waals surface area contributed by atoms with Gasteiger partial charge in [0, 0.05) is 45.9 Å². The van der Waals surface area contributed by atoms with E-state index in [-0.39, 0.29) is 12.2 Å². The van der Waals surface area contributed by atoms with Crippen LogP contribution < -0.4 is 5.32 Å². The number of nitrogens with zero attached hydrogens (tertiary/aromatic N) is 5. The van der Waals surface area contributed by atoms with Crippen molar-refractivity contribution in [3.05, 3.63) is 11.9 Å². The summed E-state index contributed by atoms with van der Waals surface area (Å²) in [5.74, 6) is -0.193. The Kier molecular flexibility index (Phi) is 9.68. The predicted octanol–water partition coefficient (Wildman–Crippen LogP) is 0.435. The van der Waals surface area contributed by atoms with E-state index < -0.39 is 0 Å². The van der Waals surface area contributed by atoms with Crippen molar-refractivity contribution >= 4 is 5.91 Å². The van der Waals surface area contributed by atoms with Gasteiger partial charge in [-0.25, -0.2) is 4.68 Å². The Hall–Kier alpha value is -1.55. The number of rotatable bonds is 12. The molecule has 9 heteroatoms. The highest BCUT2D eigenvalue weighted by atomic mass is 16.7. The molecule has 0 spiro atoms. The first-order valence-corrected chi connectivity index (χ1v) is 10.0. The molecule has 2 rings (SSSR count). The Balaban J connectivity index is 1.66. The average Bonchev–Trinajstić information content (AvgIpc) is 3.14. The molecular weight excluding hydrogens is 348 g/mol. The molecule has 0 saturated carbocycles. The Morgan fingerprint density at radius 3 is 2.44 bits per heavy atom. The lowest BCUT2D eigenvalue weighted by molar-refractivity contribution is -0.145. The van der Waals surface area contributed by atoms with Gasteiger partial charge in [-0.15, -0.1) is 5.10 Å². The van der Waals surface area contributed by atoms with Crippen molar-refractivity contribution < 1.29 is 14.3 Å². The van der Waals surface area contributed by atoms with Crippen molar-refractivity contribution in [1.29, 1.82) is 0 Å². The smallest absolute Gasteiger partial charge is 0.273 e. The van der Waals surface area contributed by atoms with E-state index in [2.05, 4.69) is 32.4 Å². The SMILES string of the molecule is CCOC(Cn1cc(C(=O)NCCCN2CCN(CC)CC2)nn1)OCC. The summed E-state index contributed by atoms with van der Waals surface area (Å²) < 4.78 is 12.6. The third-order valence-electron chi connectivity index (χ3n) is 4.66. The first-order valence-electron chi connectivity index (χ1n) is 10.0. The average molecular weight is 383 g/mol. The van der Waals surface area contributed by atoms with Gasteiger partial charge < -0.3 is 24.6 Å². The van der Waals surface area contributed by atoms with E-state index >= 15 is 0 Å². The maximum absolute atomic E-state index is 12.2. The predicted molar refractivity (Wildman–Crippen MR) is 103 cm³/mol. The van der Waals surface area contributed by atoms with Crippen LogP contribution in [0.4, 0.5) is 0 Å². The zero-order valence-electron chi connectivity index (χ0n) is 16.9. The summed E-state index contributed by atoms with van der Waals surface area (Å²) in [5.41, 5.74) is 0.318. The molecule has 1 amide bonds. The van der Waals surface area contributed by atoms with Crippen molar-refractivity contribution in [1.82, 2.24) is 30.1 Å². The minimum Gasteiger partial charge on any atom is -0.351 e. The number of hydrogen-bond acceptors (Lipinski definition) is 7. The van der Waals surface area contributed by atoms with Crippen LogP contribution in [-0.2, 0) is 16.0 Å². The van der Waals surface area contributed by atoms with E-state index in [9.17, 15) is 4.79 Å². The standard InChI is InChI=1S/C18H34N6O3/c1-4-22-10-12-23(13-11-22)9-7-8-19-18(25)16-14-24(21-20-16)15-17(26-5-2)27-6-3/h14,17H,4-13,15H2,1-3H3,(H,19,25). The molecule has 0 unspecified atom stereocenters. The molecule has 1 N–H and O–H groups in total. The minimum atomic E-state index is -0.384. The van der Waals surface area contributed by atoms with E-state index in [0.29, 0.717) is 32.0 Å². The van der Waals surface area contributed by atoms with Crippen molar-refractivity contribution in [2.45, 2.75) is 40.0 Å². The van der Waals surface area contributed by atoms with Crippen molar-refractivity contribution in [3.8, 4) is 0 Å². The summed E-state index contributed by atoms with van der Waals surface area (Å²) in [5, 5.41) is 10.9. The van der Waals surface area contributed by atoms with Crippen molar-refractivity contribution in [3.63, 3.8) is 0 Å². The molecule has 0 atom stereocenters. The van der Waals surface area contributed by atoms with Crippen LogP contribution in [0.3, 0.4) is 0 Å². The van der Waals surface area contributed by atoms with Crippen LogP contribution >= 0.6 is 0 Å². The molecule has 2 heterocycles. The number of ether oxygens (including phenoxy) is 2. The van der Waals surface area contributed by atoms with Gasteiger partial charge in [-0.1, -0.05) is 12.1 Å². The lowest BCUT2D eigenvalue weighted by Crippen LogP contribution is -2.46. The minimum absolute atomic E-state index is 0.193. The van der Waals surface area contributed by atoms with Crippen LogP contribution in [0.1, 0.15) is 37.7 Å². The summed E-state index contributed by atoms with van der Waals surface area (Å²) >= 11 is 0. The number of piperazine rings is 1. The fourth-order valence-electron chi connectivity index (χ4n) is 3.09. The second-order valence-electron chi connectivity index (χ2n) is 6.55. The molecule has 1 saturated heterocycles. The number of nitrogens with one attached hydrogen (secondary N) is 1. The summed E-state index contributed by atoms with van der Waals surface area (Å²) in [6, 6.07) is 0. The van der Waals surface area contributed by atoms with Gasteiger partial charge in [-0.2, -0.15) is 0 Å². The Labute approximate surface area is 162 Å². The van der Waals surface area contributed by atoms with E-state index in [4.69, 9.17) is 9.47 Å². The highest BCUT2D eigenvalue weighted by Gasteiger charge is 2.16. The molecule has 9 nitrogen and oxygen atoms in total. The Bertz CT molecular complexity index is 539. The quantitative estimate of drug-likeness (QED) is 0.415. The highest BCUT2D eigenvalue weighted by Crippen LogP contribution is 2.03. The Morgan fingerprint density at radius 2 is 1.81 bits per heavy atom. The second-order valence-corrected chi connectivity index (χ2v) is 6.55. The zero-order valence-corrected chi connectivity index (χ0v) is 16.9. The fraction of sp³-hybridized carbons (Fsp3) is 0.833. The van der Waals surface area contributed by atoms with Gasteiger partial charge >= 0.3 is 0 Å². The second kappa shape index (κ2) is 12.0. The van der Waals surface area contributed by atoms with Crippen LogP contribution in [0.15, 0.2) is 6.20 Å². The number of carbonyl (C=O) groups excluding carboxylic acids is 1. The molecule has 0 aliphatic carbocycles. The zero-order chi connectivity index (χ0) is 19.5. The van der Waals surface area contributed by atoms with Crippen LogP contribution in [0.25, 0.3) is 0 Å². The topological polar surface area (TPSA) is 84.8 Å². The number of aromatic nitrogens is 3. The Morgan fingerprint density at radius 1 is 1.15 bits per heavy atom. The molecule has 1 aromatic rings. The van der Waals surface area contributed by atoms with Gasteiger partial charge in [0.25, 0.3) is 5.91 Å². The van der Waals surface area contributed by atoms with Gasteiger partial charge in [0.1, 0.15) is 0 Å². The number of carbonyl (C=O) groups is 1. The first kappa shape index (κ1) is 21.7. The number of likely N-dealkylation sites (N-methyl/N-ethyl adjacent to an activating group) is 1. The summed E-state index contributed by atoms with van der Waals surface area (Å²) in [6.45, 7) is 14.8. The van der Waals surface area contributed by atoms with E-state index in [1.807, 2.05) is 13.8 Å². The van der Waals surface area contributed by atoms with E-state index in [1.165, 1.54) is 0 Å². The molecule has 27 heavy (non-hydrogen) atoms. The lowest BCUT2D eigenvalue weighted by Gasteiger charge is -2.33. The van der Waals surface area contributed by atoms with Crippen LogP contribution in [0.5, 0.6) is 0 Å². The summed E-state index contributed by atoms with van der Waals surface area (Å²) in [4.78, 5) is 17.1. The third-order valence-corrected chi connectivity index (χ3v) is 4.66. The molecule has 1 aromatic heterocycles. The van der Waals surface area contributed by atoms with Crippen molar-refractivity contribution in [2.75, 3.05) is 59.0 Å². The van der Waals surface area contributed by atoms with E-state index in [0.717, 1.165) is 45.7 Å².